The summed E-state index contributed by atoms with van der Waals surface area (Å²) in [6.07, 6.45) is 42.5. The molecule has 3 aromatic carbocycles. The van der Waals surface area contributed by atoms with Crippen LogP contribution in [0.25, 0.3) is 0 Å². The summed E-state index contributed by atoms with van der Waals surface area (Å²) in [6, 6.07) is 17.7. The zero-order chi connectivity index (χ0) is 45.5. The van der Waals surface area contributed by atoms with Gasteiger partial charge >= 0.3 is 5.97 Å². The number of hydrogen-bond acceptors (Lipinski definition) is 6. The lowest BCUT2D eigenvalue weighted by Crippen LogP contribution is -2.22. The van der Waals surface area contributed by atoms with E-state index in [0.29, 0.717) is 29.8 Å². The number of carbonyl (C=O) groups is 3. The van der Waals surface area contributed by atoms with Crippen molar-refractivity contribution in [1.82, 2.24) is 0 Å². The third kappa shape index (κ3) is 21.1. The normalized spacial score (nSPS) is 12.4. The Labute approximate surface area is 396 Å². The monoisotopic (exact) mass is 894 g/mol. The molecule has 3 aromatic rings. The molecule has 0 radical (unpaired) electrons. The highest BCUT2D eigenvalue weighted by molar-refractivity contribution is 6.31. The molecule has 0 aromatic heterocycles. The standard InChI is InChI=1S/C58H87NO5.CH4/c1-3-5-7-9-11-13-15-17-19-20-22-24-26-28-30-32-38-48(37-31-29-27-25-23-21-18-16-14-12-10-8-6-4-2)58(63)64-45-44-47-36-35-39-49(46-47)59-52-42-43-53(60)55-54(52)56(61)50-40-33-34-41-51(50)57(55)62;/h33-36,39-43,46,48,59-60H,3-32,37-38,44-45H2,1-2H3;1H4. The minimum Gasteiger partial charge on any atom is -0.507 e. The van der Waals surface area contributed by atoms with Crippen molar-refractivity contribution < 1.29 is 24.2 Å². The largest absolute Gasteiger partial charge is 0.507 e. The molecule has 1 unspecified atom stereocenters. The number of carbonyl (C=O) groups excluding carboxylic acids is 3. The van der Waals surface area contributed by atoms with Gasteiger partial charge in [-0.3, -0.25) is 14.4 Å². The number of anilines is 2. The van der Waals surface area contributed by atoms with E-state index < -0.39 is 0 Å². The molecule has 6 nitrogen and oxygen atoms in total. The van der Waals surface area contributed by atoms with Crippen LogP contribution >= 0.6 is 0 Å². The molecular weight excluding hydrogens is 803 g/mol. The van der Waals surface area contributed by atoms with Gasteiger partial charge in [0, 0.05) is 23.2 Å². The molecule has 0 spiro atoms. The van der Waals surface area contributed by atoms with E-state index in [1.54, 1.807) is 30.3 Å². The Balaban J connectivity index is 0.0000112. The van der Waals surface area contributed by atoms with Crippen molar-refractivity contribution in [3.8, 4) is 5.75 Å². The lowest BCUT2D eigenvalue weighted by atomic mass is 9.82. The quantitative estimate of drug-likeness (QED) is 0.0264. The molecule has 65 heavy (non-hydrogen) atoms. The third-order valence-electron chi connectivity index (χ3n) is 13.5. The molecule has 0 fully saturated rings. The molecule has 1 aliphatic carbocycles. The summed E-state index contributed by atoms with van der Waals surface area (Å²) < 4.78 is 5.99. The Morgan fingerprint density at radius 2 is 0.938 bits per heavy atom. The van der Waals surface area contributed by atoms with E-state index in [-0.39, 0.29) is 47.8 Å². The molecule has 1 atom stereocenters. The highest BCUT2D eigenvalue weighted by Crippen LogP contribution is 2.38. The second-order valence-corrected chi connectivity index (χ2v) is 19.0. The molecular formula is C59H91NO5. The van der Waals surface area contributed by atoms with Crippen molar-refractivity contribution in [1.29, 1.82) is 0 Å². The summed E-state index contributed by atoms with van der Waals surface area (Å²) in [5.74, 6) is -0.956. The first-order chi connectivity index (χ1) is 31.4. The maximum absolute atomic E-state index is 13.6. The lowest BCUT2D eigenvalue weighted by Gasteiger charge is -2.21. The summed E-state index contributed by atoms with van der Waals surface area (Å²) in [5.41, 5.74) is 3.05. The first kappa shape index (κ1) is 55.4. The average Bonchev–Trinajstić information content (AvgIpc) is 3.30. The topological polar surface area (TPSA) is 92.7 Å². The minimum atomic E-state index is -0.362. The number of phenols is 1. The number of nitrogens with one attached hydrogen (secondary N) is 1. The van der Waals surface area contributed by atoms with E-state index in [9.17, 15) is 19.5 Å². The molecule has 362 valence electrons. The van der Waals surface area contributed by atoms with E-state index in [4.69, 9.17) is 4.74 Å². The fourth-order valence-electron chi connectivity index (χ4n) is 9.56. The van der Waals surface area contributed by atoms with Crippen molar-refractivity contribution in [3.63, 3.8) is 0 Å². The van der Waals surface area contributed by atoms with Crippen LogP contribution in [0.1, 0.15) is 264 Å². The number of benzene rings is 3. The maximum atomic E-state index is 13.6. The molecule has 2 N–H and O–H groups in total. The fraction of sp³-hybridized carbons (Fsp3) is 0.644. The number of rotatable bonds is 38. The van der Waals surface area contributed by atoms with Gasteiger partial charge in [-0.2, -0.15) is 0 Å². The molecule has 0 saturated carbocycles. The van der Waals surface area contributed by atoms with Crippen LogP contribution < -0.4 is 5.32 Å². The van der Waals surface area contributed by atoms with Crippen LogP contribution in [0.5, 0.6) is 5.75 Å². The second kappa shape index (κ2) is 34.4. The van der Waals surface area contributed by atoms with Gasteiger partial charge in [0.1, 0.15) is 5.75 Å². The Morgan fingerprint density at radius 1 is 0.523 bits per heavy atom. The van der Waals surface area contributed by atoms with Crippen molar-refractivity contribution in [2.24, 2.45) is 5.92 Å². The summed E-state index contributed by atoms with van der Waals surface area (Å²) in [5, 5.41) is 14.0. The fourth-order valence-corrected chi connectivity index (χ4v) is 9.56. The number of fused-ring (bicyclic) bond motifs is 2. The van der Waals surface area contributed by atoms with Crippen molar-refractivity contribution in [3.05, 3.63) is 88.5 Å². The van der Waals surface area contributed by atoms with Gasteiger partial charge in [-0.1, -0.05) is 250 Å². The highest BCUT2D eigenvalue weighted by Gasteiger charge is 2.34. The summed E-state index contributed by atoms with van der Waals surface area (Å²) in [6.45, 7) is 4.88. The van der Waals surface area contributed by atoms with E-state index in [0.717, 1.165) is 36.9 Å². The van der Waals surface area contributed by atoms with Crippen LogP contribution in [-0.4, -0.2) is 29.2 Å². The highest BCUT2D eigenvalue weighted by atomic mass is 16.5. The van der Waals surface area contributed by atoms with Gasteiger partial charge in [0.25, 0.3) is 0 Å². The Kier molecular flexibility index (Phi) is 29.3. The minimum absolute atomic E-state index is 0. The molecule has 4 rings (SSSR count). The Morgan fingerprint density at radius 3 is 1.38 bits per heavy atom. The average molecular weight is 894 g/mol. The summed E-state index contributed by atoms with van der Waals surface area (Å²) in [4.78, 5) is 40.5. The first-order valence-electron chi connectivity index (χ1n) is 26.5. The molecule has 0 saturated heterocycles. The number of ketones is 2. The van der Waals surface area contributed by atoms with E-state index in [1.165, 1.54) is 186 Å². The van der Waals surface area contributed by atoms with Crippen LogP contribution in [0.15, 0.2) is 60.7 Å². The Hall–Kier alpha value is -3.93. The maximum Gasteiger partial charge on any atom is 0.308 e. The van der Waals surface area contributed by atoms with E-state index in [1.807, 2.05) is 24.3 Å². The van der Waals surface area contributed by atoms with Gasteiger partial charge in [0.05, 0.1) is 29.3 Å². The van der Waals surface area contributed by atoms with Crippen LogP contribution in [-0.2, 0) is 16.0 Å². The SMILES string of the molecule is C.CCCCCCCCCCCCCCCCCCC(CCCCCCCCCCCCCCCC)C(=O)OCCc1cccc(Nc2ccc(O)c3c2C(=O)c2ccccc2C3=O)c1. The van der Waals surface area contributed by atoms with Gasteiger partial charge in [-0.15, -0.1) is 0 Å². The number of hydrogen-bond donors (Lipinski definition) is 2. The molecule has 0 bridgehead atoms. The molecule has 6 heteroatoms. The molecule has 0 amide bonds. The number of aromatic hydroxyl groups is 1. The van der Waals surface area contributed by atoms with Gasteiger partial charge < -0.3 is 15.2 Å². The smallest absolute Gasteiger partial charge is 0.308 e. The van der Waals surface area contributed by atoms with Crippen LogP contribution in [0.4, 0.5) is 11.4 Å². The predicted molar refractivity (Wildman–Crippen MR) is 275 cm³/mol. The molecule has 0 heterocycles. The van der Waals surface area contributed by atoms with Crippen LogP contribution in [0, 0.1) is 5.92 Å². The first-order valence-corrected chi connectivity index (χ1v) is 26.5. The summed E-state index contributed by atoms with van der Waals surface area (Å²) >= 11 is 0. The van der Waals surface area contributed by atoms with Crippen LogP contribution in [0.3, 0.4) is 0 Å². The second-order valence-electron chi connectivity index (χ2n) is 19.0. The van der Waals surface area contributed by atoms with Gasteiger partial charge in [0.2, 0.25) is 0 Å². The zero-order valence-electron chi connectivity index (χ0n) is 40.5. The Bertz CT molecular complexity index is 1770. The number of unbranched alkanes of at least 4 members (excludes halogenated alkanes) is 28. The number of ether oxygens (including phenoxy) is 1. The molecule has 0 aliphatic heterocycles. The lowest BCUT2D eigenvalue weighted by molar-refractivity contribution is -0.149. The zero-order valence-corrected chi connectivity index (χ0v) is 40.5. The van der Waals surface area contributed by atoms with E-state index in [2.05, 4.69) is 19.2 Å². The third-order valence-corrected chi connectivity index (χ3v) is 13.5. The van der Waals surface area contributed by atoms with Crippen molar-refractivity contribution in [2.75, 3.05) is 11.9 Å². The predicted octanol–water partition coefficient (Wildman–Crippen LogP) is 17.8. The van der Waals surface area contributed by atoms with Gasteiger partial charge in [0.15, 0.2) is 11.6 Å². The van der Waals surface area contributed by atoms with Crippen molar-refractivity contribution >= 4 is 28.9 Å². The molecule has 1 aliphatic rings. The van der Waals surface area contributed by atoms with Gasteiger partial charge in [-0.25, -0.2) is 0 Å². The summed E-state index contributed by atoms with van der Waals surface area (Å²) in [7, 11) is 0. The number of esters is 1. The van der Waals surface area contributed by atoms with Gasteiger partial charge in [-0.05, 0) is 42.7 Å². The van der Waals surface area contributed by atoms with Crippen LogP contribution in [0.2, 0.25) is 0 Å². The van der Waals surface area contributed by atoms with E-state index >= 15 is 0 Å². The van der Waals surface area contributed by atoms with Crippen molar-refractivity contribution in [2.45, 2.75) is 233 Å². The number of phenolic OH excluding ortho intramolecular Hbond substituents is 1.